The van der Waals surface area contributed by atoms with E-state index >= 15 is 0 Å². The lowest BCUT2D eigenvalue weighted by Gasteiger charge is -2.49. The lowest BCUT2D eigenvalue weighted by atomic mass is 9.60. The molecule has 1 aromatic rings. The molecule has 2 rings (SSSR count). The summed E-state index contributed by atoms with van der Waals surface area (Å²) < 4.78 is 13.3. The van der Waals surface area contributed by atoms with Crippen molar-refractivity contribution in [1.82, 2.24) is 0 Å². The first kappa shape index (κ1) is 15.5. The summed E-state index contributed by atoms with van der Waals surface area (Å²) in [5, 5.41) is 11.0. The van der Waals surface area contributed by atoms with Crippen molar-refractivity contribution in [3.05, 3.63) is 35.6 Å². The van der Waals surface area contributed by atoms with Gasteiger partial charge in [0.05, 0.1) is 5.60 Å². The van der Waals surface area contributed by atoms with E-state index in [4.69, 9.17) is 5.73 Å². The van der Waals surface area contributed by atoms with Crippen molar-refractivity contribution >= 4 is 0 Å². The second-order valence-electron chi connectivity index (χ2n) is 6.75. The maximum Gasteiger partial charge on any atom is 0.123 e. The van der Waals surface area contributed by atoms with E-state index in [0.29, 0.717) is 18.9 Å². The largest absolute Gasteiger partial charge is 0.389 e. The first-order valence-corrected chi connectivity index (χ1v) is 7.55. The van der Waals surface area contributed by atoms with Crippen LogP contribution in [0.2, 0.25) is 0 Å². The molecule has 1 aromatic carbocycles. The molecule has 1 unspecified atom stereocenters. The highest BCUT2D eigenvalue weighted by Crippen LogP contribution is 2.47. The Balaban J connectivity index is 2.19. The number of benzene rings is 1. The van der Waals surface area contributed by atoms with Crippen molar-refractivity contribution in [2.24, 2.45) is 17.1 Å². The molecule has 1 aliphatic rings. The second-order valence-corrected chi connectivity index (χ2v) is 6.75. The molecule has 3 N–H and O–H groups in total. The van der Waals surface area contributed by atoms with Crippen LogP contribution in [0.15, 0.2) is 24.3 Å². The van der Waals surface area contributed by atoms with Gasteiger partial charge in [-0.25, -0.2) is 4.39 Å². The molecule has 1 fully saturated rings. The van der Waals surface area contributed by atoms with Gasteiger partial charge in [-0.1, -0.05) is 31.9 Å². The van der Waals surface area contributed by atoms with Crippen molar-refractivity contribution in [3.63, 3.8) is 0 Å². The van der Waals surface area contributed by atoms with Gasteiger partial charge in [-0.3, -0.25) is 0 Å². The highest BCUT2D eigenvalue weighted by atomic mass is 19.1. The second kappa shape index (κ2) is 5.82. The monoisotopic (exact) mass is 279 g/mol. The molecule has 1 saturated carbocycles. The van der Waals surface area contributed by atoms with Gasteiger partial charge in [-0.15, -0.1) is 0 Å². The Hall–Kier alpha value is -0.930. The molecule has 0 aliphatic heterocycles. The average molecular weight is 279 g/mol. The van der Waals surface area contributed by atoms with Gasteiger partial charge in [0.25, 0.3) is 0 Å². The predicted octanol–water partition coefficient (Wildman–Crippen LogP) is 3.27. The zero-order valence-electron chi connectivity index (χ0n) is 12.5. The molecule has 2 nitrogen and oxygen atoms in total. The summed E-state index contributed by atoms with van der Waals surface area (Å²) in [5.41, 5.74) is 5.72. The maximum atomic E-state index is 13.3. The van der Waals surface area contributed by atoms with E-state index in [1.54, 1.807) is 6.07 Å². The Bertz CT molecular complexity index is 450. The van der Waals surface area contributed by atoms with Crippen LogP contribution in [0.4, 0.5) is 4.39 Å². The van der Waals surface area contributed by atoms with Crippen LogP contribution in [0.1, 0.15) is 45.1 Å². The maximum absolute atomic E-state index is 13.3. The SMILES string of the molecule is CC1CCC(CN)(C(C)(O)Cc2cccc(F)c2)CC1. The van der Waals surface area contributed by atoms with E-state index in [2.05, 4.69) is 6.92 Å². The van der Waals surface area contributed by atoms with Gasteiger partial charge in [0.15, 0.2) is 0 Å². The number of halogens is 1. The normalized spacial score (nSPS) is 29.9. The highest BCUT2D eigenvalue weighted by molar-refractivity contribution is 5.20. The Kier molecular flexibility index (Phi) is 4.50. The molecular formula is C17H26FNO. The molecule has 0 spiro atoms. The third kappa shape index (κ3) is 3.04. The van der Waals surface area contributed by atoms with E-state index in [0.717, 1.165) is 31.2 Å². The standard InChI is InChI=1S/C17H26FNO/c1-13-6-8-17(12-19,9-7-13)16(2,20)11-14-4-3-5-15(18)10-14/h3-5,10,13,20H,6-9,11-12,19H2,1-2H3. The van der Waals surface area contributed by atoms with Crippen molar-refractivity contribution in [1.29, 1.82) is 0 Å². The lowest BCUT2D eigenvalue weighted by Crippen LogP contribution is -2.53. The van der Waals surface area contributed by atoms with Crippen LogP contribution >= 0.6 is 0 Å². The fraction of sp³-hybridized carbons (Fsp3) is 0.647. The molecule has 1 aliphatic carbocycles. The zero-order valence-corrected chi connectivity index (χ0v) is 12.5. The summed E-state index contributed by atoms with van der Waals surface area (Å²) in [4.78, 5) is 0. The average Bonchev–Trinajstić information content (AvgIpc) is 2.39. The molecule has 0 heterocycles. The number of hydrogen-bond acceptors (Lipinski definition) is 2. The zero-order chi connectivity index (χ0) is 14.8. The quantitative estimate of drug-likeness (QED) is 0.888. The Morgan fingerprint density at radius 1 is 1.40 bits per heavy atom. The summed E-state index contributed by atoms with van der Waals surface area (Å²) in [5.74, 6) is 0.456. The Morgan fingerprint density at radius 2 is 2.05 bits per heavy atom. The summed E-state index contributed by atoms with van der Waals surface area (Å²) in [6.45, 7) is 4.60. The highest BCUT2D eigenvalue weighted by Gasteiger charge is 2.47. The topological polar surface area (TPSA) is 46.2 Å². The molecule has 0 aromatic heterocycles. The summed E-state index contributed by atoms with van der Waals surface area (Å²) in [7, 11) is 0. The third-order valence-corrected chi connectivity index (χ3v) is 5.20. The van der Waals surface area contributed by atoms with Crippen molar-refractivity contribution in [3.8, 4) is 0 Å². The Morgan fingerprint density at radius 3 is 2.60 bits per heavy atom. The molecule has 0 amide bonds. The summed E-state index contributed by atoms with van der Waals surface area (Å²) in [6.07, 6.45) is 4.57. The van der Waals surface area contributed by atoms with Gasteiger partial charge in [-0.2, -0.15) is 0 Å². The van der Waals surface area contributed by atoms with Gasteiger partial charge in [0.1, 0.15) is 5.82 Å². The third-order valence-electron chi connectivity index (χ3n) is 5.20. The molecule has 112 valence electrons. The van der Waals surface area contributed by atoms with Crippen LogP contribution in [-0.4, -0.2) is 17.3 Å². The van der Waals surface area contributed by atoms with Crippen LogP contribution in [0.3, 0.4) is 0 Å². The van der Waals surface area contributed by atoms with E-state index in [1.165, 1.54) is 12.1 Å². The molecule has 3 heteroatoms. The minimum Gasteiger partial charge on any atom is -0.389 e. The van der Waals surface area contributed by atoms with Crippen LogP contribution in [0, 0.1) is 17.2 Å². The number of hydrogen-bond donors (Lipinski definition) is 2. The molecule has 20 heavy (non-hydrogen) atoms. The lowest BCUT2D eigenvalue weighted by molar-refractivity contribution is -0.0901. The van der Waals surface area contributed by atoms with Crippen LogP contribution in [-0.2, 0) is 6.42 Å². The number of aliphatic hydroxyl groups is 1. The van der Waals surface area contributed by atoms with Crippen LogP contribution < -0.4 is 5.73 Å². The van der Waals surface area contributed by atoms with Crippen LogP contribution in [0.5, 0.6) is 0 Å². The molecular weight excluding hydrogens is 253 g/mol. The van der Waals surface area contributed by atoms with Crippen molar-refractivity contribution in [2.75, 3.05) is 6.54 Å². The first-order valence-electron chi connectivity index (χ1n) is 7.55. The Labute approximate surface area is 121 Å². The van der Waals surface area contributed by atoms with E-state index in [1.807, 2.05) is 13.0 Å². The van der Waals surface area contributed by atoms with Crippen molar-refractivity contribution < 1.29 is 9.50 Å². The van der Waals surface area contributed by atoms with E-state index in [9.17, 15) is 9.50 Å². The summed E-state index contributed by atoms with van der Waals surface area (Å²) in [6, 6.07) is 6.50. The van der Waals surface area contributed by atoms with Gasteiger partial charge in [0, 0.05) is 18.4 Å². The minimum absolute atomic E-state index is 0.244. The van der Waals surface area contributed by atoms with E-state index < -0.39 is 5.60 Å². The first-order chi connectivity index (χ1) is 9.38. The smallest absolute Gasteiger partial charge is 0.123 e. The van der Waals surface area contributed by atoms with Crippen molar-refractivity contribution in [2.45, 2.75) is 51.6 Å². The van der Waals surface area contributed by atoms with Crippen LogP contribution in [0.25, 0.3) is 0 Å². The number of nitrogens with two attached hydrogens (primary N) is 1. The fourth-order valence-corrected chi connectivity index (χ4v) is 3.51. The molecule has 1 atom stereocenters. The molecule has 0 bridgehead atoms. The van der Waals surface area contributed by atoms with E-state index in [-0.39, 0.29) is 11.2 Å². The van der Waals surface area contributed by atoms with Gasteiger partial charge < -0.3 is 10.8 Å². The van der Waals surface area contributed by atoms with Gasteiger partial charge in [-0.05, 0) is 43.4 Å². The summed E-state index contributed by atoms with van der Waals surface area (Å²) >= 11 is 0. The fourth-order valence-electron chi connectivity index (χ4n) is 3.51. The predicted molar refractivity (Wildman–Crippen MR) is 79.8 cm³/mol. The molecule has 0 radical (unpaired) electrons. The number of rotatable bonds is 4. The van der Waals surface area contributed by atoms with Gasteiger partial charge in [0.2, 0.25) is 0 Å². The molecule has 0 saturated heterocycles. The minimum atomic E-state index is -0.893. The van der Waals surface area contributed by atoms with Gasteiger partial charge >= 0.3 is 0 Å².